The molecular weight excluding hydrogens is 234 g/mol. The highest BCUT2D eigenvalue weighted by Crippen LogP contribution is 2.27. The largest absolute Gasteiger partial charge is 0.384 e. The van der Waals surface area contributed by atoms with Crippen LogP contribution in [0.25, 0.3) is 0 Å². The van der Waals surface area contributed by atoms with Crippen LogP contribution in [-0.2, 0) is 12.8 Å². The molecule has 3 rings (SSSR count). The maximum absolute atomic E-state index is 4.25. The van der Waals surface area contributed by atoms with E-state index in [2.05, 4.69) is 46.8 Å². The minimum atomic E-state index is 0.907. The van der Waals surface area contributed by atoms with Gasteiger partial charge in [0.05, 0.1) is 23.8 Å². The van der Waals surface area contributed by atoms with Gasteiger partial charge in [-0.25, -0.2) is 0 Å². The lowest BCUT2D eigenvalue weighted by Gasteiger charge is -2.10. The van der Waals surface area contributed by atoms with Gasteiger partial charge in [0.2, 0.25) is 0 Å². The van der Waals surface area contributed by atoms with Crippen molar-refractivity contribution in [2.45, 2.75) is 26.2 Å². The maximum atomic E-state index is 4.25. The Morgan fingerprint density at radius 3 is 2.74 bits per heavy atom. The predicted molar refractivity (Wildman–Crippen MR) is 80.2 cm³/mol. The molecule has 1 aromatic heterocycles. The van der Waals surface area contributed by atoms with E-state index in [0.717, 1.165) is 23.6 Å². The number of anilines is 3. The summed E-state index contributed by atoms with van der Waals surface area (Å²) in [6, 6.07) is 8.75. The third kappa shape index (κ3) is 2.70. The number of hydrogen-bond donors (Lipinski definition) is 2. The van der Waals surface area contributed by atoms with E-state index in [-0.39, 0.29) is 0 Å². The third-order valence-corrected chi connectivity index (χ3v) is 3.51. The minimum Gasteiger partial charge on any atom is -0.384 e. The number of aryl methyl sites for hydroxylation is 2. The van der Waals surface area contributed by atoms with Crippen LogP contribution in [0.1, 0.15) is 24.5 Å². The van der Waals surface area contributed by atoms with Crippen molar-refractivity contribution in [3.8, 4) is 0 Å². The molecule has 1 aromatic carbocycles. The number of pyridine rings is 1. The summed E-state index contributed by atoms with van der Waals surface area (Å²) in [6.07, 6.45) is 7.43. The summed E-state index contributed by atoms with van der Waals surface area (Å²) in [6.45, 7) is 2.99. The molecule has 0 aliphatic heterocycles. The van der Waals surface area contributed by atoms with E-state index in [9.17, 15) is 0 Å². The van der Waals surface area contributed by atoms with E-state index in [1.807, 2.05) is 12.4 Å². The van der Waals surface area contributed by atoms with Gasteiger partial charge >= 0.3 is 0 Å². The molecule has 0 bridgehead atoms. The molecule has 19 heavy (non-hydrogen) atoms. The molecule has 0 atom stereocenters. The first-order valence-electron chi connectivity index (χ1n) is 6.93. The second kappa shape index (κ2) is 5.31. The SMILES string of the molecule is CCNc1cncc(Nc2ccc3c(c2)CCC3)c1. The fraction of sp³-hybridized carbons (Fsp3) is 0.312. The molecule has 0 amide bonds. The van der Waals surface area contributed by atoms with Crippen molar-refractivity contribution in [2.24, 2.45) is 0 Å². The van der Waals surface area contributed by atoms with Crippen molar-refractivity contribution in [2.75, 3.05) is 17.2 Å². The van der Waals surface area contributed by atoms with Gasteiger partial charge < -0.3 is 10.6 Å². The number of aromatic nitrogens is 1. The second-order valence-corrected chi connectivity index (χ2v) is 4.95. The molecule has 1 aliphatic rings. The lowest BCUT2D eigenvalue weighted by atomic mass is 10.1. The molecule has 3 heteroatoms. The number of nitrogens with zero attached hydrogens (tertiary/aromatic N) is 1. The number of nitrogens with one attached hydrogen (secondary N) is 2. The molecule has 0 fully saturated rings. The molecule has 0 saturated heterocycles. The summed E-state index contributed by atoms with van der Waals surface area (Å²) in [5, 5.41) is 6.70. The quantitative estimate of drug-likeness (QED) is 0.871. The summed E-state index contributed by atoms with van der Waals surface area (Å²) >= 11 is 0. The van der Waals surface area contributed by atoms with Gasteiger partial charge in [0.1, 0.15) is 0 Å². The highest BCUT2D eigenvalue weighted by Gasteiger charge is 2.10. The standard InChI is InChI=1S/C16H19N3/c1-2-18-15-9-16(11-17-10-15)19-14-7-6-12-4-3-5-13(12)8-14/h6-11,18-19H,2-5H2,1H3. The number of hydrogen-bond acceptors (Lipinski definition) is 3. The van der Waals surface area contributed by atoms with Gasteiger partial charge in [-0.1, -0.05) is 6.07 Å². The molecule has 2 N–H and O–H groups in total. The molecule has 1 heterocycles. The molecule has 0 spiro atoms. The van der Waals surface area contributed by atoms with Crippen LogP contribution < -0.4 is 10.6 Å². The van der Waals surface area contributed by atoms with E-state index >= 15 is 0 Å². The molecule has 3 nitrogen and oxygen atoms in total. The van der Waals surface area contributed by atoms with Crippen molar-refractivity contribution in [1.29, 1.82) is 0 Å². The van der Waals surface area contributed by atoms with Crippen molar-refractivity contribution in [3.05, 3.63) is 47.8 Å². The zero-order valence-corrected chi connectivity index (χ0v) is 11.2. The van der Waals surface area contributed by atoms with Gasteiger partial charge in [0.15, 0.2) is 0 Å². The van der Waals surface area contributed by atoms with Gasteiger partial charge in [-0.05, 0) is 55.5 Å². The van der Waals surface area contributed by atoms with E-state index < -0.39 is 0 Å². The number of rotatable bonds is 4. The Bertz CT molecular complexity index is 578. The Kier molecular flexibility index (Phi) is 3.36. The summed E-state index contributed by atoms with van der Waals surface area (Å²) < 4.78 is 0. The lowest BCUT2D eigenvalue weighted by Crippen LogP contribution is -1.99. The maximum Gasteiger partial charge on any atom is 0.0591 e. The van der Waals surface area contributed by atoms with Crippen LogP contribution in [0, 0.1) is 0 Å². The molecule has 0 saturated carbocycles. The molecule has 1 aliphatic carbocycles. The average Bonchev–Trinajstić information content (AvgIpc) is 2.87. The number of benzene rings is 1. The van der Waals surface area contributed by atoms with Gasteiger partial charge in [0, 0.05) is 12.2 Å². The van der Waals surface area contributed by atoms with Crippen LogP contribution in [0.15, 0.2) is 36.7 Å². The Labute approximate surface area is 114 Å². The van der Waals surface area contributed by atoms with Gasteiger partial charge in [0.25, 0.3) is 0 Å². The van der Waals surface area contributed by atoms with Gasteiger partial charge in [-0.3, -0.25) is 4.98 Å². The first-order valence-corrected chi connectivity index (χ1v) is 6.93. The Morgan fingerprint density at radius 2 is 1.84 bits per heavy atom. The smallest absolute Gasteiger partial charge is 0.0591 e. The van der Waals surface area contributed by atoms with Crippen LogP contribution >= 0.6 is 0 Å². The Morgan fingerprint density at radius 1 is 1.00 bits per heavy atom. The van der Waals surface area contributed by atoms with Crippen LogP contribution in [-0.4, -0.2) is 11.5 Å². The zero-order chi connectivity index (χ0) is 13.1. The molecule has 98 valence electrons. The fourth-order valence-electron chi connectivity index (χ4n) is 2.63. The van der Waals surface area contributed by atoms with Crippen molar-refractivity contribution >= 4 is 17.1 Å². The first kappa shape index (κ1) is 12.0. The average molecular weight is 253 g/mol. The first-order chi connectivity index (χ1) is 9.35. The third-order valence-electron chi connectivity index (χ3n) is 3.51. The normalized spacial score (nSPS) is 13.1. The molecule has 0 unspecified atom stereocenters. The minimum absolute atomic E-state index is 0.907. The van der Waals surface area contributed by atoms with Crippen LogP contribution in [0.5, 0.6) is 0 Å². The zero-order valence-electron chi connectivity index (χ0n) is 11.2. The Hall–Kier alpha value is -2.03. The molecule has 2 aromatic rings. The monoisotopic (exact) mass is 253 g/mol. The topological polar surface area (TPSA) is 37.0 Å². The molecule has 0 radical (unpaired) electrons. The lowest BCUT2D eigenvalue weighted by molar-refractivity contribution is 0.912. The van der Waals surface area contributed by atoms with E-state index in [0.29, 0.717) is 0 Å². The van der Waals surface area contributed by atoms with Crippen LogP contribution in [0.3, 0.4) is 0 Å². The summed E-state index contributed by atoms with van der Waals surface area (Å²) in [7, 11) is 0. The van der Waals surface area contributed by atoms with Gasteiger partial charge in [-0.2, -0.15) is 0 Å². The van der Waals surface area contributed by atoms with Crippen molar-refractivity contribution in [3.63, 3.8) is 0 Å². The van der Waals surface area contributed by atoms with Crippen LogP contribution in [0.2, 0.25) is 0 Å². The summed E-state index contributed by atoms with van der Waals surface area (Å²) in [4.78, 5) is 4.25. The second-order valence-electron chi connectivity index (χ2n) is 4.95. The molecular formula is C16H19N3. The van der Waals surface area contributed by atoms with Crippen LogP contribution in [0.4, 0.5) is 17.1 Å². The van der Waals surface area contributed by atoms with Crippen molar-refractivity contribution < 1.29 is 0 Å². The van der Waals surface area contributed by atoms with Crippen molar-refractivity contribution in [1.82, 2.24) is 4.98 Å². The fourth-order valence-corrected chi connectivity index (χ4v) is 2.63. The summed E-state index contributed by atoms with van der Waals surface area (Å²) in [5.41, 5.74) is 6.21. The summed E-state index contributed by atoms with van der Waals surface area (Å²) in [5.74, 6) is 0. The predicted octanol–water partition coefficient (Wildman–Crippen LogP) is 3.75. The Balaban J connectivity index is 1.79. The van der Waals surface area contributed by atoms with Gasteiger partial charge in [-0.15, -0.1) is 0 Å². The van der Waals surface area contributed by atoms with E-state index in [1.165, 1.54) is 30.4 Å². The van der Waals surface area contributed by atoms with E-state index in [1.54, 1.807) is 0 Å². The highest BCUT2D eigenvalue weighted by atomic mass is 14.9. The number of fused-ring (bicyclic) bond motifs is 1. The highest BCUT2D eigenvalue weighted by molar-refractivity contribution is 5.64. The van der Waals surface area contributed by atoms with E-state index in [4.69, 9.17) is 0 Å².